The minimum Gasteiger partial charge on any atom is -0.508 e. The van der Waals surface area contributed by atoms with Crippen molar-refractivity contribution in [1.82, 2.24) is 0 Å². The van der Waals surface area contributed by atoms with E-state index in [4.69, 9.17) is 0 Å². The highest BCUT2D eigenvalue weighted by molar-refractivity contribution is 5.39. The van der Waals surface area contributed by atoms with Gasteiger partial charge < -0.3 is 5.11 Å². The number of hydrogen-bond acceptors (Lipinski definition) is 1. The second-order valence-electron chi connectivity index (χ2n) is 4.12. The fraction of sp³-hybridized carbons (Fsp3) is 0.500. The molecule has 1 N–H and O–H groups in total. The molecule has 0 atom stereocenters. The average molecular weight is 234 g/mol. The fourth-order valence-corrected chi connectivity index (χ4v) is 1.86. The molecular weight excluding hydrogens is 208 g/mol. The summed E-state index contributed by atoms with van der Waals surface area (Å²) in [6.45, 7) is 10.4. The number of aromatic hydroxyl groups is 1. The maximum atomic E-state index is 9.82. The third-order valence-electron chi connectivity index (χ3n) is 2.83. The lowest BCUT2D eigenvalue weighted by atomic mass is 9.97. The van der Waals surface area contributed by atoms with Gasteiger partial charge in [-0.25, -0.2) is 0 Å². The lowest BCUT2D eigenvalue weighted by molar-refractivity contribution is 0.465. The molecule has 0 aliphatic heterocycles. The SMILES string of the molecule is C=C.CCCCc1cccc(O)c1CCCC. The highest BCUT2D eigenvalue weighted by atomic mass is 16.3. The summed E-state index contributed by atoms with van der Waals surface area (Å²) in [6.07, 6.45) is 6.88. The highest BCUT2D eigenvalue weighted by Crippen LogP contribution is 2.24. The molecule has 96 valence electrons. The fourth-order valence-electron chi connectivity index (χ4n) is 1.86. The zero-order valence-electron chi connectivity index (χ0n) is 11.3. The molecule has 0 aromatic heterocycles. The lowest BCUT2D eigenvalue weighted by Gasteiger charge is -2.10. The molecule has 0 heterocycles. The van der Waals surface area contributed by atoms with Crippen LogP contribution in [0.3, 0.4) is 0 Å². The van der Waals surface area contributed by atoms with Crippen LogP contribution in [-0.2, 0) is 12.8 Å². The summed E-state index contributed by atoms with van der Waals surface area (Å²) in [5.74, 6) is 0.483. The Kier molecular flexibility index (Phi) is 9.22. The Labute approximate surface area is 106 Å². The summed E-state index contributed by atoms with van der Waals surface area (Å²) in [5, 5.41) is 9.82. The van der Waals surface area contributed by atoms with Crippen molar-refractivity contribution in [1.29, 1.82) is 0 Å². The van der Waals surface area contributed by atoms with Gasteiger partial charge in [-0.05, 0) is 42.9 Å². The van der Waals surface area contributed by atoms with Gasteiger partial charge in [0.1, 0.15) is 5.75 Å². The van der Waals surface area contributed by atoms with Gasteiger partial charge in [0.2, 0.25) is 0 Å². The van der Waals surface area contributed by atoms with Gasteiger partial charge in [0.15, 0.2) is 0 Å². The molecule has 1 nitrogen and oxygen atoms in total. The molecule has 0 bridgehead atoms. The Bertz CT molecular complexity index is 304. The van der Waals surface area contributed by atoms with Crippen LogP contribution in [0.15, 0.2) is 31.4 Å². The monoisotopic (exact) mass is 234 g/mol. The summed E-state index contributed by atoms with van der Waals surface area (Å²) >= 11 is 0. The molecule has 0 aliphatic rings. The van der Waals surface area contributed by atoms with Crippen LogP contribution in [0.5, 0.6) is 5.75 Å². The number of phenolic OH excluding ortho intramolecular Hbond substituents is 1. The van der Waals surface area contributed by atoms with Crippen LogP contribution in [0.4, 0.5) is 0 Å². The van der Waals surface area contributed by atoms with E-state index in [-0.39, 0.29) is 0 Å². The Morgan fingerprint density at radius 2 is 1.59 bits per heavy atom. The Morgan fingerprint density at radius 1 is 1.00 bits per heavy atom. The Hall–Kier alpha value is -1.24. The Balaban J connectivity index is 0.00000121. The first-order chi connectivity index (χ1) is 8.29. The predicted octanol–water partition coefficient (Wildman–Crippen LogP) is 4.88. The van der Waals surface area contributed by atoms with Crippen molar-refractivity contribution in [2.45, 2.75) is 52.4 Å². The molecule has 1 rings (SSSR count). The molecule has 0 saturated heterocycles. The largest absolute Gasteiger partial charge is 0.508 e. The molecule has 0 fully saturated rings. The number of hydrogen-bond donors (Lipinski definition) is 1. The molecule has 0 unspecified atom stereocenters. The van der Waals surface area contributed by atoms with Crippen molar-refractivity contribution in [3.05, 3.63) is 42.5 Å². The van der Waals surface area contributed by atoms with Gasteiger partial charge in [-0.3, -0.25) is 0 Å². The van der Waals surface area contributed by atoms with Crippen LogP contribution >= 0.6 is 0 Å². The first-order valence-electron chi connectivity index (χ1n) is 6.59. The summed E-state index contributed by atoms with van der Waals surface area (Å²) in [7, 11) is 0. The van der Waals surface area contributed by atoms with Crippen molar-refractivity contribution in [3.8, 4) is 5.75 Å². The van der Waals surface area contributed by atoms with Gasteiger partial charge >= 0.3 is 0 Å². The molecule has 0 spiro atoms. The maximum absolute atomic E-state index is 9.82. The maximum Gasteiger partial charge on any atom is 0.119 e. The number of rotatable bonds is 6. The van der Waals surface area contributed by atoms with Gasteiger partial charge in [-0.1, -0.05) is 38.8 Å². The standard InChI is InChI=1S/C14H22O.C2H4/c1-3-5-8-12-9-7-11-14(15)13(12)10-6-4-2;1-2/h7,9,11,15H,3-6,8,10H2,1-2H3;1-2H2. The molecule has 0 saturated carbocycles. The van der Waals surface area contributed by atoms with E-state index < -0.39 is 0 Å². The van der Waals surface area contributed by atoms with Crippen LogP contribution in [0, 0.1) is 0 Å². The minimum atomic E-state index is 0.483. The van der Waals surface area contributed by atoms with Crippen molar-refractivity contribution in [2.75, 3.05) is 0 Å². The van der Waals surface area contributed by atoms with Crippen LogP contribution in [0.25, 0.3) is 0 Å². The van der Waals surface area contributed by atoms with Gasteiger partial charge in [0.25, 0.3) is 0 Å². The molecule has 17 heavy (non-hydrogen) atoms. The predicted molar refractivity (Wildman–Crippen MR) is 76.6 cm³/mol. The van der Waals surface area contributed by atoms with E-state index in [1.807, 2.05) is 6.07 Å². The van der Waals surface area contributed by atoms with Crippen LogP contribution < -0.4 is 0 Å². The van der Waals surface area contributed by atoms with Crippen LogP contribution in [0.1, 0.15) is 50.7 Å². The van der Waals surface area contributed by atoms with Gasteiger partial charge in [0, 0.05) is 0 Å². The molecule has 0 aliphatic carbocycles. The first-order valence-corrected chi connectivity index (χ1v) is 6.59. The zero-order chi connectivity index (χ0) is 13.1. The summed E-state index contributed by atoms with van der Waals surface area (Å²) in [4.78, 5) is 0. The normalized spacial score (nSPS) is 9.53. The average Bonchev–Trinajstić information content (AvgIpc) is 2.37. The van der Waals surface area contributed by atoms with E-state index in [9.17, 15) is 5.11 Å². The second-order valence-corrected chi connectivity index (χ2v) is 4.12. The number of benzene rings is 1. The van der Waals surface area contributed by atoms with Crippen molar-refractivity contribution < 1.29 is 5.11 Å². The first kappa shape index (κ1) is 15.8. The quantitative estimate of drug-likeness (QED) is 0.695. The highest BCUT2D eigenvalue weighted by Gasteiger charge is 2.06. The lowest BCUT2D eigenvalue weighted by Crippen LogP contribution is -1.95. The zero-order valence-corrected chi connectivity index (χ0v) is 11.3. The molecule has 0 radical (unpaired) electrons. The molecule has 1 aromatic carbocycles. The van der Waals surface area contributed by atoms with Gasteiger partial charge in [-0.2, -0.15) is 0 Å². The van der Waals surface area contributed by atoms with Crippen molar-refractivity contribution in [3.63, 3.8) is 0 Å². The minimum absolute atomic E-state index is 0.483. The molecular formula is C16H26O. The third kappa shape index (κ3) is 5.58. The van der Waals surface area contributed by atoms with Gasteiger partial charge in [0.05, 0.1) is 0 Å². The number of unbranched alkanes of at least 4 members (excludes halogenated alkanes) is 2. The summed E-state index contributed by atoms with van der Waals surface area (Å²) in [5.41, 5.74) is 2.51. The van der Waals surface area contributed by atoms with Gasteiger partial charge in [-0.15, -0.1) is 13.2 Å². The Morgan fingerprint density at radius 3 is 2.18 bits per heavy atom. The van der Waals surface area contributed by atoms with Crippen molar-refractivity contribution >= 4 is 0 Å². The molecule has 1 heteroatoms. The van der Waals surface area contributed by atoms with E-state index in [2.05, 4.69) is 33.1 Å². The smallest absolute Gasteiger partial charge is 0.119 e. The third-order valence-corrected chi connectivity index (χ3v) is 2.83. The van der Waals surface area contributed by atoms with E-state index in [1.54, 1.807) is 6.07 Å². The van der Waals surface area contributed by atoms with E-state index >= 15 is 0 Å². The molecule has 0 amide bonds. The summed E-state index contributed by atoms with van der Waals surface area (Å²) < 4.78 is 0. The number of phenols is 1. The van der Waals surface area contributed by atoms with E-state index in [1.165, 1.54) is 30.4 Å². The van der Waals surface area contributed by atoms with Crippen LogP contribution in [0.2, 0.25) is 0 Å². The van der Waals surface area contributed by atoms with E-state index in [0.717, 1.165) is 19.3 Å². The van der Waals surface area contributed by atoms with E-state index in [0.29, 0.717) is 5.75 Å². The number of aryl methyl sites for hydroxylation is 1. The molecule has 1 aromatic rings. The topological polar surface area (TPSA) is 20.2 Å². The summed E-state index contributed by atoms with van der Waals surface area (Å²) in [6, 6.07) is 5.91. The van der Waals surface area contributed by atoms with Crippen molar-refractivity contribution in [2.24, 2.45) is 0 Å². The second kappa shape index (κ2) is 9.95. The van der Waals surface area contributed by atoms with Crippen LogP contribution in [-0.4, -0.2) is 5.11 Å².